The maximum atomic E-state index is 13.8. The van der Waals surface area contributed by atoms with Crippen LogP contribution in [-0.2, 0) is 14.3 Å². The number of ketones is 1. The molecule has 0 saturated carbocycles. The SMILES string of the molecule is CCOc1ccc(C(O)=C2C(=O)C(=O)N(c3nc4ccc(F)cc4s3)C2c2ccc(C(=O)OC)cc2)cc1. The van der Waals surface area contributed by atoms with E-state index in [0.29, 0.717) is 33.7 Å². The van der Waals surface area contributed by atoms with Crippen LogP contribution in [0.4, 0.5) is 9.52 Å². The number of benzene rings is 3. The second-order valence-corrected chi connectivity index (χ2v) is 9.36. The van der Waals surface area contributed by atoms with Crippen molar-refractivity contribution in [2.24, 2.45) is 0 Å². The first-order chi connectivity index (χ1) is 18.3. The van der Waals surface area contributed by atoms with Crippen molar-refractivity contribution >= 4 is 50.1 Å². The van der Waals surface area contributed by atoms with Crippen molar-refractivity contribution in [2.45, 2.75) is 13.0 Å². The van der Waals surface area contributed by atoms with E-state index in [1.54, 1.807) is 36.4 Å². The third-order valence-corrected chi connectivity index (χ3v) is 7.09. The Morgan fingerprint density at radius 3 is 2.39 bits per heavy atom. The molecular formula is C28H21FN2O6S. The summed E-state index contributed by atoms with van der Waals surface area (Å²) in [6.45, 7) is 2.31. The number of nitrogens with zero attached hydrogens (tertiary/aromatic N) is 2. The predicted molar refractivity (Wildman–Crippen MR) is 140 cm³/mol. The fraction of sp³-hybridized carbons (Fsp3) is 0.143. The molecule has 10 heteroatoms. The summed E-state index contributed by atoms with van der Waals surface area (Å²) in [6, 6.07) is 15.6. The molecule has 0 aliphatic carbocycles. The molecule has 0 spiro atoms. The maximum Gasteiger partial charge on any atom is 0.337 e. The topological polar surface area (TPSA) is 106 Å². The highest BCUT2D eigenvalue weighted by atomic mass is 32.1. The highest BCUT2D eigenvalue weighted by Crippen LogP contribution is 2.44. The number of amides is 1. The number of fused-ring (bicyclic) bond motifs is 1. The molecule has 1 saturated heterocycles. The van der Waals surface area contributed by atoms with Gasteiger partial charge in [-0.2, -0.15) is 0 Å². The van der Waals surface area contributed by atoms with Crippen molar-refractivity contribution in [3.63, 3.8) is 0 Å². The lowest BCUT2D eigenvalue weighted by atomic mass is 9.94. The second-order valence-electron chi connectivity index (χ2n) is 8.35. The lowest BCUT2D eigenvalue weighted by Crippen LogP contribution is -2.29. The number of aromatic nitrogens is 1. The number of anilines is 1. The van der Waals surface area contributed by atoms with Crippen LogP contribution in [0.5, 0.6) is 5.75 Å². The third kappa shape index (κ3) is 4.39. The Morgan fingerprint density at radius 1 is 1.05 bits per heavy atom. The Kier molecular flexibility index (Phi) is 6.64. The van der Waals surface area contributed by atoms with Crippen molar-refractivity contribution in [1.29, 1.82) is 0 Å². The number of hydrogen-bond donors (Lipinski definition) is 1. The second kappa shape index (κ2) is 10.1. The van der Waals surface area contributed by atoms with Gasteiger partial charge in [-0.1, -0.05) is 23.5 Å². The largest absolute Gasteiger partial charge is 0.507 e. The van der Waals surface area contributed by atoms with Crippen LogP contribution in [0.25, 0.3) is 16.0 Å². The van der Waals surface area contributed by atoms with Crippen molar-refractivity contribution in [2.75, 3.05) is 18.6 Å². The Morgan fingerprint density at radius 2 is 1.74 bits per heavy atom. The average molecular weight is 533 g/mol. The highest BCUT2D eigenvalue weighted by molar-refractivity contribution is 7.22. The average Bonchev–Trinajstić information content (AvgIpc) is 3.46. The first-order valence-corrected chi connectivity index (χ1v) is 12.4. The van der Waals surface area contributed by atoms with E-state index in [2.05, 4.69) is 4.98 Å². The van der Waals surface area contributed by atoms with Gasteiger partial charge in [0, 0.05) is 5.56 Å². The lowest BCUT2D eigenvalue weighted by molar-refractivity contribution is -0.132. The van der Waals surface area contributed by atoms with Gasteiger partial charge in [0.25, 0.3) is 5.78 Å². The molecule has 3 aromatic carbocycles. The number of thiazole rings is 1. The van der Waals surface area contributed by atoms with E-state index in [-0.39, 0.29) is 22.0 Å². The molecule has 1 amide bonds. The van der Waals surface area contributed by atoms with Crippen LogP contribution >= 0.6 is 11.3 Å². The van der Waals surface area contributed by atoms with Gasteiger partial charge in [-0.25, -0.2) is 14.2 Å². The van der Waals surface area contributed by atoms with Crippen LogP contribution in [0.1, 0.15) is 34.5 Å². The minimum atomic E-state index is -1.06. The summed E-state index contributed by atoms with van der Waals surface area (Å²) in [5, 5.41) is 11.4. The molecule has 8 nitrogen and oxygen atoms in total. The van der Waals surface area contributed by atoms with Gasteiger partial charge in [-0.3, -0.25) is 14.5 Å². The third-order valence-electron chi connectivity index (χ3n) is 6.08. The van der Waals surface area contributed by atoms with Crippen LogP contribution in [0, 0.1) is 5.82 Å². The molecule has 1 aliphatic rings. The minimum Gasteiger partial charge on any atom is -0.507 e. The highest BCUT2D eigenvalue weighted by Gasteiger charge is 2.48. The van der Waals surface area contributed by atoms with Crippen molar-refractivity contribution in [3.8, 4) is 5.75 Å². The number of hydrogen-bond acceptors (Lipinski definition) is 8. The summed E-state index contributed by atoms with van der Waals surface area (Å²) in [6.07, 6.45) is 0. The van der Waals surface area contributed by atoms with Crippen LogP contribution in [0.3, 0.4) is 0 Å². The summed E-state index contributed by atoms with van der Waals surface area (Å²) in [4.78, 5) is 44.3. The minimum absolute atomic E-state index is 0.143. The summed E-state index contributed by atoms with van der Waals surface area (Å²) in [5.74, 6) is -2.58. The number of carbonyl (C=O) groups excluding carboxylic acids is 3. The summed E-state index contributed by atoms with van der Waals surface area (Å²) < 4.78 is 24.5. The molecule has 1 atom stereocenters. The van der Waals surface area contributed by atoms with Crippen LogP contribution in [-0.4, -0.2) is 41.5 Å². The standard InChI is InChI=1S/C28H21FN2O6S/c1-3-37-19-11-8-16(9-12-19)24(32)22-23(15-4-6-17(7-5-15)27(35)36-2)31(26(34)25(22)33)28-30-20-13-10-18(29)14-21(20)38-28/h4-14,23,32H,3H2,1-2H3. The molecule has 0 radical (unpaired) electrons. The summed E-state index contributed by atoms with van der Waals surface area (Å²) in [7, 11) is 1.26. The number of aliphatic hydroxyl groups excluding tert-OH is 1. The molecule has 1 aromatic heterocycles. The normalized spacial score (nSPS) is 16.7. The van der Waals surface area contributed by atoms with Gasteiger partial charge in [0.05, 0.1) is 41.1 Å². The van der Waals surface area contributed by atoms with Gasteiger partial charge in [0.1, 0.15) is 17.3 Å². The van der Waals surface area contributed by atoms with Crippen molar-refractivity contribution in [1.82, 2.24) is 4.98 Å². The quantitative estimate of drug-likeness (QED) is 0.157. The first-order valence-electron chi connectivity index (χ1n) is 11.6. The summed E-state index contributed by atoms with van der Waals surface area (Å²) >= 11 is 1.05. The molecule has 0 bridgehead atoms. The van der Waals surface area contributed by atoms with E-state index in [1.165, 1.54) is 42.3 Å². The maximum absolute atomic E-state index is 13.8. The molecule has 1 aliphatic heterocycles. The molecule has 38 heavy (non-hydrogen) atoms. The van der Waals surface area contributed by atoms with Crippen LogP contribution in [0.2, 0.25) is 0 Å². The number of carbonyl (C=O) groups is 3. The number of rotatable bonds is 6. The smallest absolute Gasteiger partial charge is 0.337 e. The molecule has 1 fully saturated rings. The Labute approximate surface area is 220 Å². The van der Waals surface area contributed by atoms with Crippen molar-refractivity contribution < 1.29 is 33.4 Å². The Balaban J connectivity index is 1.67. The predicted octanol–water partition coefficient (Wildman–Crippen LogP) is 5.25. The van der Waals surface area contributed by atoms with E-state index in [1.807, 2.05) is 6.92 Å². The molecule has 1 unspecified atom stereocenters. The zero-order valence-corrected chi connectivity index (χ0v) is 21.1. The fourth-order valence-corrected chi connectivity index (χ4v) is 5.30. The van der Waals surface area contributed by atoms with E-state index >= 15 is 0 Å². The van der Waals surface area contributed by atoms with E-state index in [4.69, 9.17) is 9.47 Å². The van der Waals surface area contributed by atoms with Gasteiger partial charge < -0.3 is 14.6 Å². The molecule has 1 N–H and O–H groups in total. The van der Waals surface area contributed by atoms with E-state index < -0.39 is 29.5 Å². The number of esters is 1. The van der Waals surface area contributed by atoms with Gasteiger partial charge >= 0.3 is 11.9 Å². The van der Waals surface area contributed by atoms with E-state index in [0.717, 1.165) is 11.3 Å². The van der Waals surface area contributed by atoms with E-state index in [9.17, 15) is 23.9 Å². The number of halogens is 1. The number of aliphatic hydroxyl groups is 1. The van der Waals surface area contributed by atoms with Gasteiger partial charge in [0.15, 0.2) is 5.13 Å². The molecule has 2 heterocycles. The molecule has 5 rings (SSSR count). The monoisotopic (exact) mass is 532 g/mol. The molecule has 4 aromatic rings. The Hall–Kier alpha value is -4.57. The van der Waals surface area contributed by atoms with Gasteiger partial charge in [0.2, 0.25) is 0 Å². The number of ether oxygens (including phenoxy) is 2. The summed E-state index contributed by atoms with van der Waals surface area (Å²) in [5.41, 5.74) is 1.36. The molecule has 192 valence electrons. The fourth-order valence-electron chi connectivity index (χ4n) is 4.29. The first kappa shape index (κ1) is 25.1. The zero-order valence-electron chi connectivity index (χ0n) is 20.3. The zero-order chi connectivity index (χ0) is 27.0. The Bertz CT molecular complexity index is 1590. The van der Waals surface area contributed by atoms with Gasteiger partial charge in [-0.05, 0) is 67.1 Å². The van der Waals surface area contributed by atoms with Crippen LogP contribution < -0.4 is 9.64 Å². The molecular weight excluding hydrogens is 511 g/mol. The lowest BCUT2D eigenvalue weighted by Gasteiger charge is -2.23. The number of methoxy groups -OCH3 is 1. The van der Waals surface area contributed by atoms with Crippen LogP contribution in [0.15, 0.2) is 72.3 Å². The van der Waals surface area contributed by atoms with Gasteiger partial charge in [-0.15, -0.1) is 0 Å². The van der Waals surface area contributed by atoms with Crippen molar-refractivity contribution in [3.05, 3.63) is 94.8 Å². The number of Topliss-reactive ketones (excluding diaryl/α,β-unsaturated/α-hetero) is 1.